The molecule has 126 valence electrons. The van der Waals surface area contributed by atoms with Gasteiger partial charge in [-0.05, 0) is 47.8 Å². The molecule has 0 atom stereocenters. The molecule has 3 rings (SSSR count). The van der Waals surface area contributed by atoms with Crippen molar-refractivity contribution >= 4 is 30.1 Å². The van der Waals surface area contributed by atoms with Gasteiger partial charge in [-0.25, -0.2) is 0 Å². The predicted octanol–water partition coefficient (Wildman–Crippen LogP) is 4.38. The summed E-state index contributed by atoms with van der Waals surface area (Å²) in [5.41, 5.74) is 3.52. The van der Waals surface area contributed by atoms with Gasteiger partial charge in [0.05, 0.1) is 0 Å². The number of carbonyl (C=O) groups is 1. The Kier molecular flexibility index (Phi) is 5.79. The minimum Gasteiger partial charge on any atom is -0.298 e. The highest BCUT2D eigenvalue weighted by Gasteiger charge is 2.23. The van der Waals surface area contributed by atoms with E-state index in [0.29, 0.717) is 0 Å². The molecule has 0 aliphatic rings. The summed E-state index contributed by atoms with van der Waals surface area (Å²) in [5, 5.41) is 3.86. The quantitative estimate of drug-likeness (QED) is 0.478. The van der Waals surface area contributed by atoms with Crippen LogP contribution >= 0.6 is 7.92 Å². The highest BCUT2D eigenvalue weighted by atomic mass is 31.1. The Labute approximate surface area is 151 Å². The van der Waals surface area contributed by atoms with Gasteiger partial charge in [0.2, 0.25) is 0 Å². The molecule has 0 spiro atoms. The first-order valence-electron chi connectivity index (χ1n) is 8.80. The summed E-state index contributed by atoms with van der Waals surface area (Å²) >= 11 is 0. The van der Waals surface area contributed by atoms with E-state index in [2.05, 4.69) is 68.4 Å². The third kappa shape index (κ3) is 3.57. The van der Waals surface area contributed by atoms with Crippen molar-refractivity contribution in [1.82, 2.24) is 0 Å². The van der Waals surface area contributed by atoms with Crippen molar-refractivity contribution in [3.05, 3.63) is 89.5 Å². The van der Waals surface area contributed by atoms with Crippen LogP contribution in [0.3, 0.4) is 0 Å². The summed E-state index contributed by atoms with van der Waals surface area (Å²) < 4.78 is 0. The summed E-state index contributed by atoms with van der Waals surface area (Å²) in [6, 6.07) is 25.4. The molecule has 2 heteroatoms. The van der Waals surface area contributed by atoms with E-state index in [1.54, 1.807) is 0 Å². The van der Waals surface area contributed by atoms with Crippen LogP contribution < -0.4 is 15.9 Å². The molecule has 0 N–H and O–H groups in total. The molecule has 1 nitrogen and oxygen atoms in total. The summed E-state index contributed by atoms with van der Waals surface area (Å²) in [5.74, 6) is 0. The van der Waals surface area contributed by atoms with Gasteiger partial charge < -0.3 is 0 Å². The predicted molar refractivity (Wildman–Crippen MR) is 109 cm³/mol. The van der Waals surface area contributed by atoms with Crippen LogP contribution in [-0.4, -0.2) is 6.29 Å². The second-order valence-electron chi connectivity index (χ2n) is 5.98. The van der Waals surface area contributed by atoms with E-state index >= 15 is 0 Å². The van der Waals surface area contributed by atoms with Crippen LogP contribution in [0, 0.1) is 0 Å². The van der Waals surface area contributed by atoms with E-state index in [-0.39, 0.29) is 0 Å². The maximum Gasteiger partial charge on any atom is 0.150 e. The number of benzene rings is 3. The van der Waals surface area contributed by atoms with Gasteiger partial charge >= 0.3 is 0 Å². The zero-order valence-electron chi connectivity index (χ0n) is 14.8. The lowest BCUT2D eigenvalue weighted by atomic mass is 10.2. The molecule has 0 aliphatic carbocycles. The highest BCUT2D eigenvalue weighted by molar-refractivity contribution is 7.80. The van der Waals surface area contributed by atoms with Crippen molar-refractivity contribution in [3.8, 4) is 0 Å². The van der Waals surface area contributed by atoms with Crippen molar-refractivity contribution in [2.75, 3.05) is 0 Å². The van der Waals surface area contributed by atoms with E-state index in [4.69, 9.17) is 0 Å². The fourth-order valence-corrected chi connectivity index (χ4v) is 6.15. The highest BCUT2D eigenvalue weighted by Crippen LogP contribution is 2.36. The first-order chi connectivity index (χ1) is 12.3. The Hall–Kier alpha value is -2.24. The van der Waals surface area contributed by atoms with Gasteiger partial charge in [0, 0.05) is 5.56 Å². The van der Waals surface area contributed by atoms with E-state index in [1.165, 1.54) is 21.7 Å². The second-order valence-corrected chi connectivity index (χ2v) is 8.09. The van der Waals surface area contributed by atoms with Gasteiger partial charge in [-0.1, -0.05) is 86.6 Å². The molecule has 0 aromatic heterocycles. The summed E-state index contributed by atoms with van der Waals surface area (Å²) in [6.45, 7) is 4.40. The first kappa shape index (κ1) is 17.6. The molecule has 0 unspecified atom stereocenters. The van der Waals surface area contributed by atoms with Crippen molar-refractivity contribution in [3.63, 3.8) is 0 Å². The second kappa shape index (κ2) is 8.23. The molecule has 0 saturated heterocycles. The fourth-order valence-electron chi connectivity index (χ4n) is 3.24. The van der Waals surface area contributed by atoms with Gasteiger partial charge in [0.15, 0.2) is 6.29 Å². The summed E-state index contributed by atoms with van der Waals surface area (Å²) in [6.07, 6.45) is 2.98. The van der Waals surface area contributed by atoms with Gasteiger partial charge in [-0.2, -0.15) is 0 Å². The molecule has 3 aromatic carbocycles. The average molecular weight is 346 g/mol. The Bertz CT molecular complexity index is 822. The SMILES string of the molecule is CCc1ccccc1P(c1ccccc1C=O)c1ccccc1CC. The largest absolute Gasteiger partial charge is 0.298 e. The van der Waals surface area contributed by atoms with E-state index < -0.39 is 7.92 Å². The van der Waals surface area contributed by atoms with Crippen LogP contribution in [0.2, 0.25) is 0 Å². The molecule has 25 heavy (non-hydrogen) atoms. The Morgan fingerprint density at radius 3 is 1.60 bits per heavy atom. The normalized spacial score (nSPS) is 10.8. The van der Waals surface area contributed by atoms with Crippen LogP contribution in [0.15, 0.2) is 72.8 Å². The van der Waals surface area contributed by atoms with Crippen LogP contribution in [0.5, 0.6) is 0 Å². The Morgan fingerprint density at radius 1 is 0.680 bits per heavy atom. The minimum atomic E-state index is -0.757. The maximum atomic E-state index is 11.7. The standard InChI is InChI=1S/C23H23OP/c1-3-18-11-5-8-14-21(18)25(22-15-9-6-12-19(22)4-2)23-16-10-7-13-20(23)17-24/h5-17H,3-4H2,1-2H3. The van der Waals surface area contributed by atoms with Crippen LogP contribution in [0.25, 0.3) is 0 Å². The number of hydrogen-bond donors (Lipinski definition) is 0. The van der Waals surface area contributed by atoms with Gasteiger partial charge in [-0.15, -0.1) is 0 Å². The Morgan fingerprint density at radius 2 is 1.12 bits per heavy atom. The van der Waals surface area contributed by atoms with Crippen molar-refractivity contribution in [2.45, 2.75) is 26.7 Å². The lowest BCUT2D eigenvalue weighted by molar-refractivity contribution is 0.112. The first-order valence-corrected chi connectivity index (χ1v) is 10.1. The van der Waals surface area contributed by atoms with Crippen LogP contribution in [-0.2, 0) is 12.8 Å². The molecule has 0 amide bonds. The van der Waals surface area contributed by atoms with Gasteiger partial charge in [0.25, 0.3) is 0 Å². The van der Waals surface area contributed by atoms with Crippen LogP contribution in [0.1, 0.15) is 35.3 Å². The number of aldehydes is 1. The lowest BCUT2D eigenvalue weighted by Crippen LogP contribution is -2.27. The Balaban J connectivity index is 2.31. The number of carbonyl (C=O) groups excluding carboxylic acids is 1. The van der Waals surface area contributed by atoms with E-state index in [9.17, 15) is 4.79 Å². The zero-order chi connectivity index (χ0) is 17.6. The summed E-state index contributed by atoms with van der Waals surface area (Å²) in [4.78, 5) is 11.7. The number of rotatable bonds is 6. The molecular weight excluding hydrogens is 323 g/mol. The smallest absolute Gasteiger partial charge is 0.150 e. The van der Waals surface area contributed by atoms with E-state index in [1.807, 2.05) is 18.2 Å². The zero-order valence-corrected chi connectivity index (χ0v) is 15.7. The molecule has 0 saturated carbocycles. The molecule has 0 radical (unpaired) electrons. The molecular formula is C23H23OP. The molecule has 0 fully saturated rings. The fraction of sp³-hybridized carbons (Fsp3) is 0.174. The maximum absolute atomic E-state index is 11.7. The topological polar surface area (TPSA) is 17.1 Å². The lowest BCUT2D eigenvalue weighted by Gasteiger charge is -2.25. The van der Waals surface area contributed by atoms with Gasteiger partial charge in [0.1, 0.15) is 0 Å². The van der Waals surface area contributed by atoms with E-state index in [0.717, 1.165) is 30.0 Å². The van der Waals surface area contributed by atoms with Crippen molar-refractivity contribution in [2.24, 2.45) is 0 Å². The van der Waals surface area contributed by atoms with Gasteiger partial charge in [-0.3, -0.25) is 4.79 Å². The number of aryl methyl sites for hydroxylation is 2. The van der Waals surface area contributed by atoms with Crippen LogP contribution in [0.4, 0.5) is 0 Å². The third-order valence-electron chi connectivity index (χ3n) is 4.53. The number of hydrogen-bond acceptors (Lipinski definition) is 1. The summed E-state index contributed by atoms with van der Waals surface area (Å²) in [7, 11) is -0.757. The van der Waals surface area contributed by atoms with Crippen molar-refractivity contribution in [1.29, 1.82) is 0 Å². The minimum absolute atomic E-state index is 0.757. The third-order valence-corrected chi connectivity index (χ3v) is 7.26. The molecule has 0 heterocycles. The average Bonchev–Trinajstić information content (AvgIpc) is 2.69. The molecule has 0 bridgehead atoms. The monoisotopic (exact) mass is 346 g/mol. The van der Waals surface area contributed by atoms with Crippen molar-refractivity contribution < 1.29 is 4.79 Å². The molecule has 3 aromatic rings. The molecule has 0 aliphatic heterocycles.